The quantitative estimate of drug-likeness (QED) is 0.772. The van der Waals surface area contributed by atoms with Gasteiger partial charge in [-0.3, -0.25) is 4.79 Å². The molecule has 0 saturated carbocycles. The Balaban J connectivity index is 0.00000289. The third-order valence-electron chi connectivity index (χ3n) is 2.31. The number of aliphatic hydroxyl groups is 1. The highest BCUT2D eigenvalue weighted by molar-refractivity contribution is 5.85. The van der Waals surface area contributed by atoms with Crippen molar-refractivity contribution in [2.24, 2.45) is 5.73 Å². The van der Waals surface area contributed by atoms with Gasteiger partial charge in [-0.25, -0.2) is 4.39 Å². The number of hydrogen-bond donors (Lipinski definition) is 3. The Morgan fingerprint density at radius 2 is 2.06 bits per heavy atom. The Kier molecular flexibility index (Phi) is 6.25. The van der Waals surface area contributed by atoms with Crippen LogP contribution in [-0.4, -0.2) is 23.1 Å². The minimum absolute atomic E-state index is 0. The number of amides is 1. The topological polar surface area (TPSA) is 75.4 Å². The summed E-state index contributed by atoms with van der Waals surface area (Å²) in [5, 5.41) is 12.2. The van der Waals surface area contributed by atoms with Crippen LogP contribution >= 0.6 is 12.4 Å². The normalized spacial score (nSPS) is 12.5. The molecule has 0 heterocycles. The first kappa shape index (κ1) is 16.8. The lowest BCUT2D eigenvalue weighted by atomic mass is 10.1. The van der Waals surface area contributed by atoms with E-state index in [4.69, 9.17) is 5.73 Å². The fourth-order valence-corrected chi connectivity index (χ4v) is 1.27. The molecule has 0 aliphatic carbocycles. The van der Waals surface area contributed by atoms with Crippen molar-refractivity contribution in [2.75, 3.05) is 6.54 Å². The summed E-state index contributed by atoms with van der Waals surface area (Å²) in [7, 11) is 0. The maximum Gasteiger partial charge on any atom is 0.239 e. The predicted molar refractivity (Wildman–Crippen MR) is 69.9 cm³/mol. The van der Waals surface area contributed by atoms with Crippen LogP contribution in [0.2, 0.25) is 0 Å². The molecular formula is C12H18ClFN2O2. The van der Waals surface area contributed by atoms with Crippen molar-refractivity contribution in [2.45, 2.75) is 25.5 Å². The summed E-state index contributed by atoms with van der Waals surface area (Å²) in [6.45, 7) is 3.04. The molecule has 0 bridgehead atoms. The highest BCUT2D eigenvalue weighted by atomic mass is 35.5. The summed E-state index contributed by atoms with van der Waals surface area (Å²) in [6.07, 6.45) is -1.08. The summed E-state index contributed by atoms with van der Waals surface area (Å²) in [5.74, 6) is -0.894. The van der Waals surface area contributed by atoms with Gasteiger partial charge in [-0.2, -0.15) is 0 Å². The van der Waals surface area contributed by atoms with E-state index in [9.17, 15) is 14.3 Å². The SMILES string of the molecule is CC(C)(N)C(=O)NCC(O)c1ccccc1F.Cl. The molecular weight excluding hydrogens is 259 g/mol. The number of nitrogens with one attached hydrogen (secondary N) is 1. The molecule has 0 saturated heterocycles. The van der Waals surface area contributed by atoms with Gasteiger partial charge >= 0.3 is 0 Å². The largest absolute Gasteiger partial charge is 0.386 e. The van der Waals surface area contributed by atoms with Crippen molar-refractivity contribution < 1.29 is 14.3 Å². The summed E-state index contributed by atoms with van der Waals surface area (Å²) in [5.41, 5.74) is 4.70. The van der Waals surface area contributed by atoms with Crippen LogP contribution in [0.3, 0.4) is 0 Å². The predicted octanol–water partition coefficient (Wildman–Crippen LogP) is 1.13. The highest BCUT2D eigenvalue weighted by Crippen LogP contribution is 2.15. The molecule has 1 aromatic rings. The molecule has 0 fully saturated rings. The zero-order valence-corrected chi connectivity index (χ0v) is 11.1. The van der Waals surface area contributed by atoms with Gasteiger partial charge in [-0.15, -0.1) is 12.4 Å². The lowest BCUT2D eigenvalue weighted by Crippen LogP contribution is -2.49. The number of aliphatic hydroxyl groups excluding tert-OH is 1. The van der Waals surface area contributed by atoms with Crippen LogP contribution in [-0.2, 0) is 4.79 Å². The average molecular weight is 277 g/mol. The molecule has 18 heavy (non-hydrogen) atoms. The number of benzene rings is 1. The number of carbonyl (C=O) groups excluding carboxylic acids is 1. The van der Waals surface area contributed by atoms with Crippen molar-refractivity contribution in [3.05, 3.63) is 35.6 Å². The van der Waals surface area contributed by atoms with Crippen LogP contribution in [0.25, 0.3) is 0 Å². The van der Waals surface area contributed by atoms with E-state index in [2.05, 4.69) is 5.32 Å². The van der Waals surface area contributed by atoms with Crippen molar-refractivity contribution in [1.29, 1.82) is 0 Å². The summed E-state index contributed by atoms with van der Waals surface area (Å²) < 4.78 is 13.3. The third-order valence-corrected chi connectivity index (χ3v) is 2.31. The number of nitrogens with two attached hydrogens (primary N) is 1. The van der Waals surface area contributed by atoms with E-state index in [1.807, 2.05) is 0 Å². The molecule has 1 unspecified atom stereocenters. The minimum atomic E-state index is -1.08. The molecule has 0 aromatic heterocycles. The van der Waals surface area contributed by atoms with Crippen LogP contribution in [0.15, 0.2) is 24.3 Å². The number of rotatable bonds is 4. The summed E-state index contributed by atoms with van der Waals surface area (Å²) >= 11 is 0. The van der Waals surface area contributed by atoms with E-state index < -0.39 is 23.4 Å². The van der Waals surface area contributed by atoms with Gasteiger partial charge in [-0.1, -0.05) is 18.2 Å². The van der Waals surface area contributed by atoms with Crippen LogP contribution in [0.1, 0.15) is 25.5 Å². The van der Waals surface area contributed by atoms with Gasteiger partial charge in [0.15, 0.2) is 0 Å². The van der Waals surface area contributed by atoms with Crippen LogP contribution in [0.4, 0.5) is 4.39 Å². The van der Waals surface area contributed by atoms with Crippen molar-refractivity contribution in [3.8, 4) is 0 Å². The molecule has 0 aliphatic heterocycles. The van der Waals surface area contributed by atoms with E-state index >= 15 is 0 Å². The molecule has 1 aromatic carbocycles. The Hall–Kier alpha value is -1.17. The molecule has 102 valence electrons. The Morgan fingerprint density at radius 3 is 2.56 bits per heavy atom. The molecule has 4 N–H and O–H groups in total. The molecule has 0 radical (unpaired) electrons. The van der Waals surface area contributed by atoms with E-state index in [-0.39, 0.29) is 24.5 Å². The van der Waals surface area contributed by atoms with Gasteiger partial charge in [-0.05, 0) is 19.9 Å². The van der Waals surface area contributed by atoms with Gasteiger partial charge in [0.05, 0.1) is 11.6 Å². The first-order chi connectivity index (χ1) is 7.82. The van der Waals surface area contributed by atoms with Gasteiger partial charge in [0.1, 0.15) is 5.82 Å². The van der Waals surface area contributed by atoms with Crippen molar-refractivity contribution in [1.82, 2.24) is 5.32 Å². The van der Waals surface area contributed by atoms with E-state index in [1.54, 1.807) is 19.9 Å². The first-order valence-electron chi connectivity index (χ1n) is 5.32. The molecule has 1 amide bonds. The Labute approximate surface area is 112 Å². The van der Waals surface area contributed by atoms with Crippen LogP contribution in [0.5, 0.6) is 0 Å². The van der Waals surface area contributed by atoms with Crippen molar-refractivity contribution in [3.63, 3.8) is 0 Å². The zero-order chi connectivity index (χ0) is 13.1. The standard InChI is InChI=1S/C12H17FN2O2.ClH/c1-12(2,14)11(17)15-7-10(16)8-5-3-4-6-9(8)13;/h3-6,10,16H,7,14H2,1-2H3,(H,15,17);1H. The fraction of sp³-hybridized carbons (Fsp3) is 0.417. The molecule has 4 nitrogen and oxygen atoms in total. The second kappa shape index (κ2) is 6.68. The van der Waals surface area contributed by atoms with E-state index in [0.29, 0.717) is 0 Å². The summed E-state index contributed by atoms with van der Waals surface area (Å²) in [6, 6.07) is 5.89. The van der Waals surface area contributed by atoms with Gasteiger partial charge < -0.3 is 16.2 Å². The van der Waals surface area contributed by atoms with Crippen LogP contribution in [0, 0.1) is 5.82 Å². The Morgan fingerprint density at radius 1 is 1.50 bits per heavy atom. The lowest BCUT2D eigenvalue weighted by Gasteiger charge is -2.19. The smallest absolute Gasteiger partial charge is 0.239 e. The molecule has 1 atom stereocenters. The van der Waals surface area contributed by atoms with Crippen LogP contribution < -0.4 is 11.1 Å². The first-order valence-corrected chi connectivity index (χ1v) is 5.32. The highest BCUT2D eigenvalue weighted by Gasteiger charge is 2.22. The van der Waals surface area contributed by atoms with Crippen molar-refractivity contribution >= 4 is 18.3 Å². The maximum atomic E-state index is 13.3. The fourth-order valence-electron chi connectivity index (χ4n) is 1.27. The van der Waals surface area contributed by atoms with E-state index in [1.165, 1.54) is 18.2 Å². The summed E-state index contributed by atoms with van der Waals surface area (Å²) in [4.78, 5) is 11.4. The molecule has 0 spiro atoms. The van der Waals surface area contributed by atoms with Gasteiger partial charge in [0.25, 0.3) is 0 Å². The monoisotopic (exact) mass is 276 g/mol. The molecule has 0 aliphatic rings. The van der Waals surface area contributed by atoms with Gasteiger partial charge in [0, 0.05) is 12.1 Å². The number of halogens is 2. The number of hydrogen-bond acceptors (Lipinski definition) is 3. The van der Waals surface area contributed by atoms with E-state index in [0.717, 1.165) is 0 Å². The number of carbonyl (C=O) groups is 1. The average Bonchev–Trinajstić information content (AvgIpc) is 2.24. The second-order valence-corrected chi connectivity index (χ2v) is 4.47. The molecule has 1 rings (SSSR count). The maximum absolute atomic E-state index is 13.3. The van der Waals surface area contributed by atoms with Gasteiger partial charge in [0.2, 0.25) is 5.91 Å². The second-order valence-electron chi connectivity index (χ2n) is 4.47. The minimum Gasteiger partial charge on any atom is -0.386 e. The zero-order valence-electron chi connectivity index (χ0n) is 10.3. The lowest BCUT2D eigenvalue weighted by molar-refractivity contribution is -0.125. The third kappa shape index (κ3) is 4.60. The Bertz CT molecular complexity index is 407. The molecule has 6 heteroatoms.